The summed E-state index contributed by atoms with van der Waals surface area (Å²) in [6, 6.07) is 38.5. The maximum Gasteiger partial charge on any atom is 0.241 e. The predicted molar refractivity (Wildman–Crippen MR) is 222 cm³/mol. The Balaban J connectivity index is 1.08. The molecule has 0 spiro atoms. The molecule has 1 aliphatic heterocycles. The quantitative estimate of drug-likeness (QED) is 0.0982. The van der Waals surface area contributed by atoms with E-state index in [1.54, 1.807) is 23.9 Å². The van der Waals surface area contributed by atoms with Crippen LogP contribution in [0.25, 0.3) is 11.1 Å². The average molecular weight is 819 g/mol. The van der Waals surface area contributed by atoms with Crippen molar-refractivity contribution in [2.75, 3.05) is 5.75 Å². The summed E-state index contributed by atoms with van der Waals surface area (Å²) < 4.78 is 44.4. The van der Waals surface area contributed by atoms with Crippen LogP contribution in [0, 0.1) is 12.8 Å². The van der Waals surface area contributed by atoms with E-state index in [-0.39, 0.29) is 42.6 Å². The zero-order valence-corrected chi connectivity index (χ0v) is 34.1. The first kappa shape index (κ1) is 41.0. The van der Waals surface area contributed by atoms with Gasteiger partial charge in [0.15, 0.2) is 6.29 Å². The number of ether oxygens (including phenoxy) is 2. The first-order chi connectivity index (χ1) is 28.1. The van der Waals surface area contributed by atoms with Crippen molar-refractivity contribution in [2.45, 2.75) is 68.0 Å². The second-order valence-corrected chi connectivity index (χ2v) is 17.1. The van der Waals surface area contributed by atoms with E-state index in [1.165, 1.54) is 23.9 Å². The number of carbonyl (C=O) groups is 1. The number of aliphatic hydroxyl groups excluding tert-OH is 1. The zero-order valence-electron chi connectivity index (χ0n) is 32.4. The lowest BCUT2D eigenvalue weighted by molar-refractivity contribution is -0.268. The van der Waals surface area contributed by atoms with E-state index in [1.807, 2.05) is 104 Å². The molecule has 58 heavy (non-hydrogen) atoms. The molecule has 1 fully saturated rings. The highest BCUT2D eigenvalue weighted by atomic mass is 32.2. The summed E-state index contributed by atoms with van der Waals surface area (Å²) in [5.74, 6) is 0.162. The molecule has 1 saturated heterocycles. The van der Waals surface area contributed by atoms with Crippen molar-refractivity contribution < 1.29 is 27.8 Å². The third kappa shape index (κ3) is 10.1. The van der Waals surface area contributed by atoms with Crippen molar-refractivity contribution in [3.63, 3.8) is 0 Å². The van der Waals surface area contributed by atoms with Gasteiger partial charge in [-0.3, -0.25) is 4.79 Å². The van der Waals surface area contributed by atoms with Crippen molar-refractivity contribution in [3.05, 3.63) is 161 Å². The molecule has 0 unspecified atom stereocenters. The molecular weight excluding hydrogens is 773 g/mol. The molecule has 0 aliphatic carbocycles. The average Bonchev–Trinajstić information content (AvgIpc) is 3.66. The van der Waals surface area contributed by atoms with E-state index in [0.29, 0.717) is 10.9 Å². The van der Waals surface area contributed by atoms with E-state index < -0.39 is 28.3 Å². The molecule has 7 rings (SSSR count). The van der Waals surface area contributed by atoms with Gasteiger partial charge in [0.25, 0.3) is 0 Å². The number of aliphatic hydroxyl groups is 1. The number of hydrogen-bond acceptors (Lipinski definition) is 10. The van der Waals surface area contributed by atoms with Crippen LogP contribution in [0.1, 0.15) is 52.7 Å². The molecule has 1 aromatic heterocycles. The highest BCUT2D eigenvalue weighted by Crippen LogP contribution is 2.43. The molecular formula is C44H46N6O6S2. The Bertz CT molecular complexity index is 2410. The van der Waals surface area contributed by atoms with Gasteiger partial charge in [0.05, 0.1) is 23.7 Å². The fourth-order valence-corrected chi connectivity index (χ4v) is 9.07. The third-order valence-corrected chi connectivity index (χ3v) is 12.8. The highest BCUT2D eigenvalue weighted by molar-refractivity contribution is 7.99. The molecule has 6 aromatic rings. The number of nitrogens with zero attached hydrogens (tertiary/aromatic N) is 4. The lowest BCUT2D eigenvalue weighted by Crippen LogP contribution is -2.47. The summed E-state index contributed by atoms with van der Waals surface area (Å²) in [6.07, 6.45) is -0.974. The van der Waals surface area contributed by atoms with Gasteiger partial charge >= 0.3 is 0 Å². The van der Waals surface area contributed by atoms with E-state index in [9.17, 15) is 18.3 Å². The van der Waals surface area contributed by atoms with Gasteiger partial charge in [-0.15, -0.1) is 5.10 Å². The minimum Gasteiger partial charge on any atom is -0.392 e. The van der Waals surface area contributed by atoms with Gasteiger partial charge in [-0.2, -0.15) is 4.72 Å². The van der Waals surface area contributed by atoms with Crippen LogP contribution >= 0.6 is 11.8 Å². The number of carbonyl (C=O) groups excluding carboxylic acids is 1. The fraction of sp³-hybridized carbons (Fsp3) is 0.273. The van der Waals surface area contributed by atoms with Crippen molar-refractivity contribution in [2.24, 2.45) is 13.0 Å². The smallest absolute Gasteiger partial charge is 0.241 e. The van der Waals surface area contributed by atoms with Crippen LogP contribution in [-0.4, -0.2) is 57.5 Å². The Morgan fingerprint density at radius 3 is 2.26 bits per heavy atom. The molecule has 14 heteroatoms. The van der Waals surface area contributed by atoms with Crippen LogP contribution in [0.2, 0.25) is 0 Å². The van der Waals surface area contributed by atoms with Crippen LogP contribution in [-0.2, 0) is 50.9 Å². The third-order valence-electron chi connectivity index (χ3n) is 10.2. The molecule has 300 valence electrons. The summed E-state index contributed by atoms with van der Waals surface area (Å²) in [6.45, 7) is 4.15. The summed E-state index contributed by atoms with van der Waals surface area (Å²) in [5.41, 5.74) is 7.14. The highest BCUT2D eigenvalue weighted by Gasteiger charge is 2.38. The van der Waals surface area contributed by atoms with Crippen LogP contribution in [0.3, 0.4) is 0 Å². The number of sulfonamides is 1. The second-order valence-electron chi connectivity index (χ2n) is 14.4. The van der Waals surface area contributed by atoms with E-state index in [4.69, 9.17) is 9.47 Å². The van der Waals surface area contributed by atoms with Crippen LogP contribution in [0.15, 0.2) is 137 Å². The summed E-state index contributed by atoms with van der Waals surface area (Å²) in [5, 5.41) is 25.2. The normalized spacial score (nSPS) is 18.8. The maximum absolute atomic E-state index is 13.7. The van der Waals surface area contributed by atoms with E-state index in [0.717, 1.165) is 44.5 Å². The van der Waals surface area contributed by atoms with Gasteiger partial charge in [-0.1, -0.05) is 127 Å². The number of nitrogens with one attached hydrogen (secondary N) is 2. The molecule has 0 radical (unpaired) electrons. The SMILES string of the molecule is Cc1ccc(S(=O)(=O)N[C@H](Cc2ccccc2)C(=O)NCc2cccc(-c3cccc([C@H]4O[C@@H](CSc5nnnn5C)[C@@H](C)[C@@H](c5ccc(CO)cc5)O4)c3)c2)cc1. The molecule has 2 heterocycles. The molecule has 12 nitrogen and oxygen atoms in total. The fourth-order valence-electron chi connectivity index (χ4n) is 6.86. The Labute approximate surface area is 343 Å². The van der Waals surface area contributed by atoms with E-state index in [2.05, 4.69) is 38.6 Å². The van der Waals surface area contributed by atoms with Crippen LogP contribution < -0.4 is 10.0 Å². The Hall–Kier alpha value is -5.22. The van der Waals surface area contributed by atoms with Crippen molar-refractivity contribution in [1.82, 2.24) is 30.2 Å². The Kier molecular flexibility index (Phi) is 13.1. The lowest BCUT2D eigenvalue weighted by Gasteiger charge is -2.41. The number of thioether (sulfide) groups is 1. The molecule has 5 aromatic carbocycles. The number of aromatic nitrogens is 4. The minimum atomic E-state index is -3.98. The van der Waals surface area contributed by atoms with Gasteiger partial charge in [0.2, 0.25) is 21.1 Å². The summed E-state index contributed by atoms with van der Waals surface area (Å²) in [4.78, 5) is 13.8. The maximum atomic E-state index is 13.7. The van der Waals surface area contributed by atoms with Crippen molar-refractivity contribution >= 4 is 27.7 Å². The number of tetrazole rings is 1. The zero-order chi connectivity index (χ0) is 40.6. The van der Waals surface area contributed by atoms with Gasteiger partial charge in [0.1, 0.15) is 6.04 Å². The summed E-state index contributed by atoms with van der Waals surface area (Å²) >= 11 is 1.53. The van der Waals surface area contributed by atoms with Gasteiger partial charge in [-0.05, 0) is 81.4 Å². The first-order valence-corrected chi connectivity index (χ1v) is 21.5. The standard InChI is InChI=1S/C44H46N6O6S2/c1-29-15-21-38(22-16-29)58(53,54)47-39(24-31-9-5-4-6-10-31)42(52)45-26-33-11-7-12-35(23-33)36-13-8-14-37(25-36)43-55-40(28-57-44-46-48-49-50(44)3)30(2)41(56-43)34-19-17-32(27-51)18-20-34/h4-23,25,30,39-41,43,47,51H,24,26-28H2,1-3H3,(H,45,52)/t30-,39-,40+,41+,43+/m1/s1. The number of benzene rings is 5. The minimum absolute atomic E-state index is 0.00908. The molecule has 0 bridgehead atoms. The monoisotopic (exact) mass is 818 g/mol. The van der Waals surface area contributed by atoms with Crippen molar-refractivity contribution in [3.8, 4) is 11.1 Å². The van der Waals surface area contributed by atoms with Crippen molar-refractivity contribution in [1.29, 1.82) is 0 Å². The molecule has 5 atom stereocenters. The lowest BCUT2D eigenvalue weighted by atomic mass is 9.91. The second kappa shape index (κ2) is 18.6. The topological polar surface area (TPSA) is 158 Å². The summed E-state index contributed by atoms with van der Waals surface area (Å²) in [7, 11) is -2.17. The van der Waals surface area contributed by atoms with Gasteiger partial charge in [-0.25, -0.2) is 13.1 Å². The van der Waals surface area contributed by atoms with Gasteiger partial charge < -0.3 is 19.9 Å². The number of aryl methyl sites for hydroxylation is 2. The molecule has 3 N–H and O–H groups in total. The van der Waals surface area contributed by atoms with Crippen LogP contribution in [0.5, 0.6) is 0 Å². The van der Waals surface area contributed by atoms with E-state index >= 15 is 0 Å². The Morgan fingerprint density at radius 2 is 1.55 bits per heavy atom. The first-order valence-electron chi connectivity index (χ1n) is 19.0. The van der Waals surface area contributed by atoms with Gasteiger partial charge in [0, 0.05) is 30.8 Å². The molecule has 1 amide bonds. The largest absolute Gasteiger partial charge is 0.392 e. The Morgan fingerprint density at radius 1 is 0.845 bits per heavy atom. The molecule has 0 saturated carbocycles. The number of amides is 1. The predicted octanol–water partition coefficient (Wildman–Crippen LogP) is 6.47. The van der Waals surface area contributed by atoms with Crippen LogP contribution in [0.4, 0.5) is 0 Å². The molecule has 1 aliphatic rings. The number of rotatable bonds is 15. The number of hydrogen-bond donors (Lipinski definition) is 3.